The molecule has 0 saturated carbocycles. The van der Waals surface area contributed by atoms with E-state index in [-0.39, 0.29) is 27.1 Å². The summed E-state index contributed by atoms with van der Waals surface area (Å²) in [6.45, 7) is 2.66. The first kappa shape index (κ1) is 28.5. The van der Waals surface area contributed by atoms with Crippen molar-refractivity contribution in [1.29, 1.82) is 0 Å². The molecule has 10 nitrogen and oxygen atoms in total. The van der Waals surface area contributed by atoms with Crippen molar-refractivity contribution < 1.29 is 18.1 Å². The van der Waals surface area contributed by atoms with Gasteiger partial charge in [-0.25, -0.2) is 8.42 Å². The normalized spacial score (nSPS) is 11.6. The maximum atomic E-state index is 13.5. The van der Waals surface area contributed by atoms with Crippen LogP contribution in [0.15, 0.2) is 47.4 Å². The summed E-state index contributed by atoms with van der Waals surface area (Å²) >= 11 is 5.81. The number of hydrogen-bond acceptors (Lipinski definition) is 7. The number of nitro benzene ring substituents is 1. The van der Waals surface area contributed by atoms with Crippen molar-refractivity contribution in [2.45, 2.75) is 17.7 Å². The van der Waals surface area contributed by atoms with Crippen molar-refractivity contribution in [1.82, 2.24) is 14.7 Å². The average molecular weight is 526 g/mol. The van der Waals surface area contributed by atoms with Crippen LogP contribution in [-0.4, -0.2) is 88.3 Å². The van der Waals surface area contributed by atoms with E-state index in [1.165, 1.54) is 12.1 Å². The quantitative estimate of drug-likeness (QED) is 0.314. The Morgan fingerprint density at radius 2 is 1.54 bits per heavy atom. The van der Waals surface area contributed by atoms with Crippen LogP contribution in [0.4, 0.5) is 11.4 Å². The molecule has 2 rings (SSSR count). The Hall–Kier alpha value is -2.73. The minimum Gasteiger partial charge on any atom is -0.338 e. The Morgan fingerprint density at radius 3 is 2.09 bits per heavy atom. The van der Waals surface area contributed by atoms with E-state index >= 15 is 0 Å². The zero-order chi connectivity index (χ0) is 26.2. The van der Waals surface area contributed by atoms with Gasteiger partial charge in [0, 0.05) is 19.2 Å². The van der Waals surface area contributed by atoms with Crippen LogP contribution < -0.4 is 4.72 Å². The molecule has 0 saturated heterocycles. The lowest BCUT2D eigenvalue weighted by atomic mass is 10.1. The van der Waals surface area contributed by atoms with Crippen molar-refractivity contribution in [3.05, 3.63) is 63.2 Å². The lowest BCUT2D eigenvalue weighted by molar-refractivity contribution is -0.384. The predicted octanol–water partition coefficient (Wildman–Crippen LogP) is 3.39. The van der Waals surface area contributed by atoms with Gasteiger partial charge in [0.15, 0.2) is 0 Å². The number of sulfonamides is 1. The molecular weight excluding hydrogens is 494 g/mol. The fraction of sp³-hybridized carbons (Fsp3) is 0.435. The van der Waals surface area contributed by atoms with Crippen LogP contribution in [0, 0.1) is 10.1 Å². The summed E-state index contributed by atoms with van der Waals surface area (Å²) in [7, 11) is 3.63. The van der Waals surface area contributed by atoms with E-state index in [0.29, 0.717) is 13.1 Å². The third kappa shape index (κ3) is 8.46. The van der Waals surface area contributed by atoms with Gasteiger partial charge in [0.25, 0.3) is 21.6 Å². The number of para-hydroxylation sites is 1. The molecule has 0 fully saturated rings. The SMILES string of the molecule is CN(C)CCCN(CCCN(C)C)C(=O)c1ccccc1NS(=O)(=O)c1ccc(Cl)c([N+](=O)[O-])c1. The molecule has 0 aliphatic rings. The smallest absolute Gasteiger partial charge is 0.289 e. The Balaban J connectivity index is 2.32. The Bertz CT molecular complexity index is 1130. The van der Waals surface area contributed by atoms with E-state index < -0.39 is 20.6 Å². The number of rotatable bonds is 13. The zero-order valence-electron chi connectivity index (χ0n) is 20.4. The minimum absolute atomic E-state index is 0.0975. The molecule has 0 spiro atoms. The molecule has 0 radical (unpaired) electrons. The summed E-state index contributed by atoms with van der Waals surface area (Å²) in [6, 6.07) is 9.56. The molecule has 2 aromatic carbocycles. The van der Waals surface area contributed by atoms with Crippen molar-refractivity contribution in [3.8, 4) is 0 Å². The van der Waals surface area contributed by atoms with Crippen molar-refractivity contribution in [2.24, 2.45) is 0 Å². The minimum atomic E-state index is -4.22. The number of anilines is 1. The van der Waals surface area contributed by atoms with Gasteiger partial charge in [0.2, 0.25) is 0 Å². The van der Waals surface area contributed by atoms with E-state index in [9.17, 15) is 23.3 Å². The lowest BCUT2D eigenvalue weighted by Gasteiger charge is -2.25. The van der Waals surface area contributed by atoms with Gasteiger partial charge >= 0.3 is 0 Å². The van der Waals surface area contributed by atoms with Crippen LogP contribution >= 0.6 is 11.6 Å². The summed E-state index contributed by atoms with van der Waals surface area (Å²) in [6.07, 6.45) is 1.53. The molecule has 35 heavy (non-hydrogen) atoms. The summed E-state index contributed by atoms with van der Waals surface area (Å²) in [4.78, 5) is 29.4. The number of hydrogen-bond donors (Lipinski definition) is 1. The van der Waals surface area contributed by atoms with Crippen LogP contribution in [0.3, 0.4) is 0 Å². The molecule has 0 bridgehead atoms. The molecule has 2 aromatic rings. The number of nitrogens with one attached hydrogen (secondary N) is 1. The maximum absolute atomic E-state index is 13.5. The molecule has 0 heterocycles. The Morgan fingerprint density at radius 1 is 0.971 bits per heavy atom. The van der Waals surface area contributed by atoms with Crippen LogP contribution in [0.1, 0.15) is 23.2 Å². The third-order valence-corrected chi connectivity index (χ3v) is 6.86. The molecular formula is C23H32ClN5O5S. The van der Waals surface area contributed by atoms with Gasteiger partial charge in [-0.3, -0.25) is 19.6 Å². The highest BCUT2D eigenvalue weighted by Gasteiger charge is 2.24. The van der Waals surface area contributed by atoms with E-state index in [1.54, 1.807) is 23.1 Å². The average Bonchev–Trinajstić information content (AvgIpc) is 2.77. The Labute approximate surface area is 211 Å². The summed E-state index contributed by atoms with van der Waals surface area (Å²) < 4.78 is 28.4. The molecule has 12 heteroatoms. The van der Waals surface area contributed by atoms with Gasteiger partial charge in [0.1, 0.15) is 5.02 Å². The number of amides is 1. The second-order valence-electron chi connectivity index (χ2n) is 8.63. The largest absolute Gasteiger partial charge is 0.338 e. The second-order valence-corrected chi connectivity index (χ2v) is 10.7. The van der Waals surface area contributed by atoms with Crippen molar-refractivity contribution >= 4 is 38.9 Å². The van der Waals surface area contributed by atoms with Crippen LogP contribution in [0.25, 0.3) is 0 Å². The maximum Gasteiger partial charge on any atom is 0.289 e. The molecule has 0 aliphatic heterocycles. The Kier molecular flexibility index (Phi) is 10.4. The van der Waals surface area contributed by atoms with Gasteiger partial charge in [0.05, 0.1) is 21.1 Å². The van der Waals surface area contributed by atoms with Gasteiger partial charge in [-0.05, 0) is 78.4 Å². The lowest BCUT2D eigenvalue weighted by Crippen LogP contribution is -2.36. The highest BCUT2D eigenvalue weighted by atomic mass is 35.5. The number of nitrogens with zero attached hydrogens (tertiary/aromatic N) is 4. The molecule has 1 N–H and O–H groups in total. The van der Waals surface area contributed by atoms with Crippen molar-refractivity contribution in [2.75, 3.05) is 59.1 Å². The van der Waals surface area contributed by atoms with Crippen molar-refractivity contribution in [3.63, 3.8) is 0 Å². The summed E-state index contributed by atoms with van der Waals surface area (Å²) in [5.41, 5.74) is -0.221. The van der Waals surface area contributed by atoms with Gasteiger partial charge in [-0.15, -0.1) is 0 Å². The van der Waals surface area contributed by atoms with Gasteiger partial charge < -0.3 is 14.7 Å². The molecule has 1 amide bonds. The number of halogens is 1. The molecule has 192 valence electrons. The fourth-order valence-electron chi connectivity index (χ4n) is 3.40. The van der Waals surface area contributed by atoms with E-state index in [1.807, 2.05) is 38.0 Å². The summed E-state index contributed by atoms with van der Waals surface area (Å²) in [5.74, 6) is -0.289. The first-order chi connectivity index (χ1) is 16.4. The molecule has 0 aliphatic carbocycles. The van der Waals surface area contributed by atoms with E-state index in [2.05, 4.69) is 4.72 Å². The highest BCUT2D eigenvalue weighted by molar-refractivity contribution is 7.92. The van der Waals surface area contributed by atoms with Gasteiger partial charge in [-0.2, -0.15) is 0 Å². The number of carbonyl (C=O) groups is 1. The molecule has 0 aromatic heterocycles. The standard InChI is InChI=1S/C23H32ClN5O5S/c1-26(2)13-7-15-28(16-8-14-27(3)4)23(30)19-9-5-6-10-21(19)25-35(33,34)18-11-12-20(24)22(17-18)29(31)32/h5-6,9-12,17,25H,7-8,13-16H2,1-4H3. The zero-order valence-corrected chi connectivity index (χ0v) is 22.0. The van der Waals surface area contributed by atoms with Gasteiger partial charge in [-0.1, -0.05) is 23.7 Å². The number of benzene rings is 2. The molecule has 0 atom stereocenters. The number of nitro groups is 1. The fourth-order valence-corrected chi connectivity index (χ4v) is 4.69. The summed E-state index contributed by atoms with van der Waals surface area (Å²) in [5, 5.41) is 11.0. The van der Waals surface area contributed by atoms with E-state index in [0.717, 1.165) is 38.1 Å². The topological polar surface area (TPSA) is 116 Å². The second kappa shape index (κ2) is 12.8. The monoisotopic (exact) mass is 525 g/mol. The first-order valence-electron chi connectivity index (χ1n) is 11.1. The number of carbonyl (C=O) groups excluding carboxylic acids is 1. The van der Waals surface area contributed by atoms with Crippen LogP contribution in [-0.2, 0) is 10.0 Å². The first-order valence-corrected chi connectivity index (χ1v) is 12.9. The third-order valence-electron chi connectivity index (χ3n) is 5.18. The van der Waals surface area contributed by atoms with Crippen LogP contribution in [0.5, 0.6) is 0 Å². The molecule has 0 unspecified atom stereocenters. The van der Waals surface area contributed by atoms with E-state index in [4.69, 9.17) is 11.6 Å². The van der Waals surface area contributed by atoms with Crippen LogP contribution in [0.2, 0.25) is 5.02 Å². The predicted molar refractivity (Wildman–Crippen MR) is 138 cm³/mol. The highest BCUT2D eigenvalue weighted by Crippen LogP contribution is 2.29.